The van der Waals surface area contributed by atoms with Crippen LogP contribution >= 0.6 is 0 Å². The summed E-state index contributed by atoms with van der Waals surface area (Å²) in [5.41, 5.74) is 0.771. The van der Waals surface area contributed by atoms with E-state index in [1.807, 2.05) is 12.1 Å². The molecule has 120 valence electrons. The molecule has 0 amide bonds. The Balaban J connectivity index is 2.33. The number of hydrogen-bond acceptors (Lipinski definition) is 2. The number of hydrogen-bond donors (Lipinski definition) is 1. The molecule has 0 aromatic heterocycles. The molecule has 2 unspecified atom stereocenters. The quantitative estimate of drug-likeness (QED) is 0.733. The first kappa shape index (κ1) is 18.1. The van der Waals surface area contributed by atoms with E-state index in [0.717, 1.165) is 24.6 Å². The zero-order valence-corrected chi connectivity index (χ0v) is 14.2. The summed E-state index contributed by atoms with van der Waals surface area (Å²) >= 11 is 0. The summed E-state index contributed by atoms with van der Waals surface area (Å²) in [5.74, 6) is 0.646. The highest BCUT2D eigenvalue weighted by Gasteiger charge is 2.15. The van der Waals surface area contributed by atoms with Gasteiger partial charge in [0.2, 0.25) is 0 Å². The van der Waals surface area contributed by atoms with E-state index in [2.05, 4.69) is 45.0 Å². The van der Waals surface area contributed by atoms with E-state index in [1.54, 1.807) is 6.07 Å². The van der Waals surface area contributed by atoms with Crippen molar-refractivity contribution in [3.8, 4) is 0 Å². The van der Waals surface area contributed by atoms with Crippen molar-refractivity contribution in [2.24, 2.45) is 5.92 Å². The Kier molecular flexibility index (Phi) is 7.91. The largest absolute Gasteiger partial charge is 0.313 e. The van der Waals surface area contributed by atoms with Crippen LogP contribution in [0.25, 0.3) is 0 Å². The predicted octanol–water partition coefficient (Wildman–Crippen LogP) is 4.23. The highest BCUT2D eigenvalue weighted by molar-refractivity contribution is 5.20. The Morgan fingerprint density at radius 1 is 1.10 bits per heavy atom. The number of nitrogens with zero attached hydrogens (tertiary/aromatic N) is 1. The Hall–Kier alpha value is -0.930. The van der Waals surface area contributed by atoms with Crippen LogP contribution in [0.15, 0.2) is 24.3 Å². The van der Waals surface area contributed by atoms with Crippen LogP contribution in [0, 0.1) is 11.7 Å². The van der Waals surface area contributed by atoms with Crippen LogP contribution in [0.5, 0.6) is 0 Å². The van der Waals surface area contributed by atoms with Gasteiger partial charge in [-0.1, -0.05) is 32.0 Å². The van der Waals surface area contributed by atoms with Crippen molar-refractivity contribution in [2.45, 2.75) is 52.6 Å². The molecular weight excluding hydrogens is 263 g/mol. The van der Waals surface area contributed by atoms with Gasteiger partial charge in [0.15, 0.2) is 0 Å². The average Bonchev–Trinajstić information content (AvgIpc) is 2.44. The zero-order chi connectivity index (χ0) is 15.8. The van der Waals surface area contributed by atoms with Gasteiger partial charge in [0, 0.05) is 30.7 Å². The lowest BCUT2D eigenvalue weighted by atomic mass is 10.0. The first-order valence-electron chi connectivity index (χ1n) is 8.09. The van der Waals surface area contributed by atoms with Gasteiger partial charge in [-0.15, -0.1) is 0 Å². The van der Waals surface area contributed by atoms with Crippen molar-refractivity contribution < 1.29 is 4.39 Å². The molecule has 1 aromatic rings. The SMILES string of the molecule is CC(C)CCC(C)NCCN(C)C(C)c1ccccc1F. The summed E-state index contributed by atoms with van der Waals surface area (Å²) in [6.45, 7) is 10.7. The maximum absolute atomic E-state index is 13.8. The number of rotatable bonds is 9. The molecular formula is C18H31FN2. The van der Waals surface area contributed by atoms with Crippen LogP contribution in [0.3, 0.4) is 0 Å². The van der Waals surface area contributed by atoms with Crippen molar-refractivity contribution in [3.63, 3.8) is 0 Å². The maximum atomic E-state index is 13.8. The number of likely N-dealkylation sites (N-methyl/N-ethyl adjacent to an activating group) is 1. The lowest BCUT2D eigenvalue weighted by molar-refractivity contribution is 0.251. The Morgan fingerprint density at radius 2 is 1.76 bits per heavy atom. The van der Waals surface area contributed by atoms with Gasteiger partial charge in [-0.25, -0.2) is 4.39 Å². The minimum absolute atomic E-state index is 0.0963. The normalized spacial score (nSPS) is 14.7. The monoisotopic (exact) mass is 294 g/mol. The molecule has 2 nitrogen and oxygen atoms in total. The van der Waals surface area contributed by atoms with Crippen LogP contribution in [0.1, 0.15) is 52.1 Å². The summed E-state index contributed by atoms with van der Waals surface area (Å²) in [6.07, 6.45) is 2.47. The van der Waals surface area contributed by atoms with Crippen LogP contribution in [0.2, 0.25) is 0 Å². The Bertz CT molecular complexity index is 406. The maximum Gasteiger partial charge on any atom is 0.127 e. The second-order valence-electron chi connectivity index (χ2n) is 6.50. The third-order valence-electron chi connectivity index (χ3n) is 4.15. The fourth-order valence-electron chi connectivity index (χ4n) is 2.42. The lowest BCUT2D eigenvalue weighted by Crippen LogP contribution is -2.35. The fraction of sp³-hybridized carbons (Fsp3) is 0.667. The van der Waals surface area contributed by atoms with Crippen molar-refractivity contribution in [1.82, 2.24) is 10.2 Å². The third kappa shape index (κ3) is 6.58. The molecule has 0 saturated carbocycles. The molecule has 0 aliphatic heterocycles. The van der Waals surface area contributed by atoms with Crippen molar-refractivity contribution in [3.05, 3.63) is 35.6 Å². The highest BCUT2D eigenvalue weighted by atomic mass is 19.1. The smallest absolute Gasteiger partial charge is 0.127 e. The van der Waals surface area contributed by atoms with Gasteiger partial charge in [-0.3, -0.25) is 4.90 Å². The van der Waals surface area contributed by atoms with Gasteiger partial charge in [0.1, 0.15) is 5.82 Å². The highest BCUT2D eigenvalue weighted by Crippen LogP contribution is 2.20. The van der Waals surface area contributed by atoms with Gasteiger partial charge in [0.05, 0.1) is 0 Å². The van der Waals surface area contributed by atoms with E-state index < -0.39 is 0 Å². The van der Waals surface area contributed by atoms with Gasteiger partial charge in [-0.05, 0) is 45.7 Å². The summed E-state index contributed by atoms with van der Waals surface area (Å²) in [5, 5.41) is 3.55. The molecule has 2 atom stereocenters. The first-order chi connectivity index (χ1) is 9.91. The van der Waals surface area contributed by atoms with E-state index in [1.165, 1.54) is 18.9 Å². The molecule has 0 aliphatic rings. The Morgan fingerprint density at radius 3 is 2.38 bits per heavy atom. The summed E-state index contributed by atoms with van der Waals surface area (Å²) < 4.78 is 13.8. The molecule has 0 saturated heterocycles. The first-order valence-corrected chi connectivity index (χ1v) is 8.09. The predicted molar refractivity (Wildman–Crippen MR) is 89.0 cm³/mol. The van der Waals surface area contributed by atoms with E-state index in [4.69, 9.17) is 0 Å². The average molecular weight is 294 g/mol. The van der Waals surface area contributed by atoms with Gasteiger partial charge < -0.3 is 5.32 Å². The molecule has 0 radical (unpaired) electrons. The summed E-state index contributed by atoms with van der Waals surface area (Å²) in [7, 11) is 2.05. The second kappa shape index (κ2) is 9.16. The molecule has 1 rings (SSSR count). The number of nitrogens with one attached hydrogen (secondary N) is 1. The van der Waals surface area contributed by atoms with Crippen molar-refractivity contribution >= 4 is 0 Å². The van der Waals surface area contributed by atoms with Crippen LogP contribution in [0.4, 0.5) is 4.39 Å². The van der Waals surface area contributed by atoms with Crippen LogP contribution in [-0.4, -0.2) is 31.1 Å². The zero-order valence-electron chi connectivity index (χ0n) is 14.2. The molecule has 1 N–H and O–H groups in total. The third-order valence-corrected chi connectivity index (χ3v) is 4.15. The topological polar surface area (TPSA) is 15.3 Å². The minimum Gasteiger partial charge on any atom is -0.313 e. The molecule has 0 spiro atoms. The van der Waals surface area contributed by atoms with Gasteiger partial charge in [0.25, 0.3) is 0 Å². The fourth-order valence-corrected chi connectivity index (χ4v) is 2.42. The van der Waals surface area contributed by atoms with E-state index in [0.29, 0.717) is 6.04 Å². The molecule has 1 aromatic carbocycles. The Labute approximate surface area is 129 Å². The summed E-state index contributed by atoms with van der Waals surface area (Å²) in [6, 6.07) is 7.68. The molecule has 0 heterocycles. The van der Waals surface area contributed by atoms with Crippen molar-refractivity contribution in [2.75, 3.05) is 20.1 Å². The molecule has 3 heteroatoms. The van der Waals surface area contributed by atoms with Crippen LogP contribution in [-0.2, 0) is 0 Å². The molecule has 0 bridgehead atoms. The number of halogens is 1. The lowest BCUT2D eigenvalue weighted by Gasteiger charge is -2.26. The van der Waals surface area contributed by atoms with E-state index in [-0.39, 0.29) is 11.9 Å². The second-order valence-corrected chi connectivity index (χ2v) is 6.50. The summed E-state index contributed by atoms with van der Waals surface area (Å²) in [4.78, 5) is 2.20. The molecule has 0 aliphatic carbocycles. The van der Waals surface area contributed by atoms with Gasteiger partial charge >= 0.3 is 0 Å². The molecule has 0 fully saturated rings. The van der Waals surface area contributed by atoms with E-state index in [9.17, 15) is 4.39 Å². The van der Waals surface area contributed by atoms with Crippen molar-refractivity contribution in [1.29, 1.82) is 0 Å². The van der Waals surface area contributed by atoms with Gasteiger partial charge in [-0.2, -0.15) is 0 Å². The van der Waals surface area contributed by atoms with E-state index >= 15 is 0 Å². The van der Waals surface area contributed by atoms with Crippen LogP contribution < -0.4 is 5.32 Å². The molecule has 21 heavy (non-hydrogen) atoms. The number of benzene rings is 1. The standard InChI is InChI=1S/C18H31FN2/c1-14(2)10-11-15(3)20-12-13-21(5)16(4)17-8-6-7-9-18(17)19/h6-9,14-16,20H,10-13H2,1-5H3. The minimum atomic E-state index is -0.116.